The van der Waals surface area contributed by atoms with E-state index >= 15 is 4.39 Å². The molecule has 3 fully saturated rings. The number of halogens is 1. The van der Waals surface area contributed by atoms with E-state index in [9.17, 15) is 0 Å². The second kappa shape index (κ2) is 16.4. The van der Waals surface area contributed by atoms with Crippen LogP contribution in [0.1, 0.15) is 64.9 Å². The number of ether oxygens (including phenoxy) is 1. The summed E-state index contributed by atoms with van der Waals surface area (Å²) in [6.45, 7) is 11.9. The van der Waals surface area contributed by atoms with Crippen molar-refractivity contribution in [2.75, 3.05) is 44.7 Å². The summed E-state index contributed by atoms with van der Waals surface area (Å²) in [7, 11) is 2.11. The van der Waals surface area contributed by atoms with Crippen molar-refractivity contribution in [3.63, 3.8) is 0 Å². The molecule has 4 aromatic rings. The molecule has 1 aromatic carbocycles. The Morgan fingerprint density at radius 1 is 1.11 bits per heavy atom. The van der Waals surface area contributed by atoms with Crippen LogP contribution in [0.4, 0.5) is 10.2 Å². The molecular weight excluding hydrogens is 575 g/mol. The zero-order valence-corrected chi connectivity index (χ0v) is 27.1. The highest BCUT2D eigenvalue weighted by atomic mass is 19.1. The van der Waals surface area contributed by atoms with Crippen molar-refractivity contribution >= 4 is 34.1 Å². The number of aromatic amines is 1. The zero-order chi connectivity index (χ0) is 32.3. The topological polar surface area (TPSA) is 132 Å². The molecule has 2 atom stereocenters. The molecule has 2 aliphatic heterocycles. The third kappa shape index (κ3) is 8.43. The van der Waals surface area contributed by atoms with Crippen LogP contribution in [0, 0.1) is 12.7 Å². The number of carboxylic acid groups (broad SMARTS) is 1. The predicted octanol–water partition coefficient (Wildman–Crippen LogP) is 5.57. The number of rotatable bonds is 7. The molecule has 2 saturated heterocycles. The molecule has 3 aromatic heterocycles. The van der Waals surface area contributed by atoms with E-state index in [1.54, 1.807) is 12.4 Å². The Balaban J connectivity index is 0.000000518. The van der Waals surface area contributed by atoms with Gasteiger partial charge in [-0.05, 0) is 64.0 Å². The molecule has 1 saturated carbocycles. The van der Waals surface area contributed by atoms with E-state index in [1.807, 2.05) is 32.9 Å². The number of hydrogen-bond donors (Lipinski definition) is 3. The lowest BCUT2D eigenvalue weighted by molar-refractivity contribution is -0.122. The molecule has 244 valence electrons. The fourth-order valence-electron chi connectivity index (χ4n) is 5.68. The maximum absolute atomic E-state index is 16.3. The summed E-state index contributed by atoms with van der Waals surface area (Å²) in [4.78, 5) is 26.8. The molecule has 0 amide bonds. The SMILES string of the molecule is C1CC1.CC.CCNC1CCN(c2nc(OCC3CCCN3C)nc3c(F)c(-c4cc(C)cc5[nH]ncc45)ncc23)C1.O=CO. The Kier molecular flexibility index (Phi) is 12.4. The lowest BCUT2D eigenvalue weighted by Gasteiger charge is -2.22. The van der Waals surface area contributed by atoms with E-state index < -0.39 is 5.82 Å². The van der Waals surface area contributed by atoms with Gasteiger partial charge in [-0.25, -0.2) is 4.39 Å². The van der Waals surface area contributed by atoms with Crippen molar-refractivity contribution in [2.45, 2.75) is 78.3 Å². The van der Waals surface area contributed by atoms with Crippen molar-refractivity contribution in [2.24, 2.45) is 0 Å². The van der Waals surface area contributed by atoms with E-state index in [4.69, 9.17) is 19.6 Å². The highest BCUT2D eigenvalue weighted by Gasteiger charge is 2.28. The number of nitrogens with one attached hydrogen (secondary N) is 2. The number of anilines is 1. The summed E-state index contributed by atoms with van der Waals surface area (Å²) in [5.41, 5.74) is 3.01. The fourth-order valence-corrected chi connectivity index (χ4v) is 5.68. The smallest absolute Gasteiger partial charge is 0.319 e. The maximum atomic E-state index is 16.3. The van der Waals surface area contributed by atoms with Crippen molar-refractivity contribution in [3.8, 4) is 17.3 Å². The summed E-state index contributed by atoms with van der Waals surface area (Å²) in [5.74, 6) is 0.204. The average molecular weight is 623 g/mol. The third-order valence-corrected chi connectivity index (χ3v) is 8.01. The minimum Gasteiger partial charge on any atom is -0.483 e. The van der Waals surface area contributed by atoms with Gasteiger partial charge in [-0.3, -0.25) is 14.9 Å². The summed E-state index contributed by atoms with van der Waals surface area (Å²) < 4.78 is 22.4. The van der Waals surface area contributed by atoms with Crippen LogP contribution in [-0.4, -0.2) is 93.5 Å². The van der Waals surface area contributed by atoms with E-state index in [0.29, 0.717) is 35.5 Å². The lowest BCUT2D eigenvalue weighted by Crippen LogP contribution is -2.33. The molecular formula is C33H47FN8O3. The van der Waals surface area contributed by atoms with Crippen LogP contribution in [0.15, 0.2) is 24.5 Å². The number of hydrogen-bond acceptors (Lipinski definition) is 9. The quantitative estimate of drug-likeness (QED) is 0.225. The molecule has 7 rings (SSSR count). The van der Waals surface area contributed by atoms with Crippen molar-refractivity contribution in [1.82, 2.24) is 35.4 Å². The van der Waals surface area contributed by atoms with Crippen LogP contribution < -0.4 is 15.0 Å². The second-order valence-electron chi connectivity index (χ2n) is 11.4. The number of aromatic nitrogens is 5. The summed E-state index contributed by atoms with van der Waals surface area (Å²) in [6, 6.07) is 4.82. The van der Waals surface area contributed by atoms with Gasteiger partial charge in [-0.2, -0.15) is 15.1 Å². The van der Waals surface area contributed by atoms with Gasteiger partial charge in [0.1, 0.15) is 23.6 Å². The molecule has 45 heavy (non-hydrogen) atoms. The first-order valence-electron chi connectivity index (χ1n) is 16.1. The van der Waals surface area contributed by atoms with Crippen LogP contribution in [-0.2, 0) is 4.79 Å². The van der Waals surface area contributed by atoms with E-state index in [1.165, 1.54) is 19.3 Å². The number of aryl methyl sites for hydroxylation is 1. The van der Waals surface area contributed by atoms with E-state index in [2.05, 4.69) is 49.3 Å². The van der Waals surface area contributed by atoms with Gasteiger partial charge in [-0.1, -0.05) is 40.0 Å². The molecule has 0 bridgehead atoms. The molecule has 3 N–H and O–H groups in total. The van der Waals surface area contributed by atoms with Crippen LogP contribution in [0.5, 0.6) is 6.01 Å². The molecule has 0 spiro atoms. The fraction of sp³-hybridized carbons (Fsp3) is 0.545. The first-order valence-corrected chi connectivity index (χ1v) is 16.1. The number of H-pyrrole nitrogens is 1. The van der Waals surface area contributed by atoms with E-state index in [0.717, 1.165) is 61.9 Å². The van der Waals surface area contributed by atoms with Crippen molar-refractivity contribution in [1.29, 1.82) is 0 Å². The first kappa shape index (κ1) is 34.0. The molecule has 0 radical (unpaired) electrons. The number of fused-ring (bicyclic) bond motifs is 2. The Hall–Kier alpha value is -3.90. The molecule has 12 heteroatoms. The van der Waals surface area contributed by atoms with Crippen molar-refractivity contribution < 1.29 is 19.0 Å². The second-order valence-corrected chi connectivity index (χ2v) is 11.4. The monoisotopic (exact) mass is 622 g/mol. The van der Waals surface area contributed by atoms with E-state index in [-0.39, 0.29) is 23.7 Å². The van der Waals surface area contributed by atoms with Gasteiger partial charge in [0, 0.05) is 42.3 Å². The Bertz CT molecular complexity index is 1540. The maximum Gasteiger partial charge on any atom is 0.319 e. The minimum absolute atomic E-state index is 0.212. The number of likely N-dealkylation sites (tertiary alicyclic amines) is 1. The molecule has 1 aliphatic carbocycles. The number of pyridine rings is 1. The van der Waals surface area contributed by atoms with Gasteiger partial charge in [0.15, 0.2) is 5.82 Å². The number of nitrogens with zero attached hydrogens (tertiary/aromatic N) is 6. The Labute approximate surface area is 264 Å². The minimum atomic E-state index is -0.473. The van der Waals surface area contributed by atoms with Gasteiger partial charge >= 0.3 is 6.01 Å². The lowest BCUT2D eigenvalue weighted by atomic mass is 10.0. The summed E-state index contributed by atoms with van der Waals surface area (Å²) in [6.07, 6.45) is 11.1. The Morgan fingerprint density at radius 3 is 2.53 bits per heavy atom. The highest BCUT2D eigenvalue weighted by molar-refractivity contribution is 5.98. The highest BCUT2D eigenvalue weighted by Crippen LogP contribution is 2.36. The molecule has 2 unspecified atom stereocenters. The average Bonchev–Trinajstić information content (AvgIpc) is 3.55. The van der Waals surface area contributed by atoms with Crippen LogP contribution in [0.3, 0.4) is 0 Å². The zero-order valence-electron chi connectivity index (χ0n) is 27.1. The molecule has 5 heterocycles. The van der Waals surface area contributed by atoms with Gasteiger partial charge in [-0.15, -0.1) is 0 Å². The standard InChI is InChI=1S/C27H33FN8O.C3H6.C2H6.CH2O2/c1-4-29-17-7-9-36(14-17)26-21-12-30-24(19-10-16(2)11-22-20(19)13-31-34-22)23(28)25(21)32-27(33-26)37-15-18-6-5-8-35(18)3;1-2-3-1;1-2;2-1-3/h10-13,17-18,29H,4-9,14-15H2,1-3H3,(H,31,34);1-3H2;1-2H3;1H,(H,2,3). The Morgan fingerprint density at radius 2 is 1.87 bits per heavy atom. The third-order valence-electron chi connectivity index (χ3n) is 8.01. The van der Waals surface area contributed by atoms with Crippen LogP contribution in [0.25, 0.3) is 33.1 Å². The summed E-state index contributed by atoms with van der Waals surface area (Å²) >= 11 is 0. The van der Waals surface area contributed by atoms with Gasteiger partial charge < -0.3 is 25.0 Å². The number of benzene rings is 1. The number of carbonyl (C=O) groups is 1. The summed E-state index contributed by atoms with van der Waals surface area (Å²) in [5, 5.41) is 19.0. The largest absolute Gasteiger partial charge is 0.483 e. The van der Waals surface area contributed by atoms with Gasteiger partial charge in [0.25, 0.3) is 6.47 Å². The first-order chi connectivity index (χ1) is 21.9. The number of likely N-dealkylation sites (N-methyl/N-ethyl adjacent to an activating group) is 2. The van der Waals surface area contributed by atoms with Crippen LogP contribution in [0.2, 0.25) is 0 Å². The van der Waals surface area contributed by atoms with Crippen molar-refractivity contribution in [3.05, 3.63) is 35.9 Å². The molecule has 11 nitrogen and oxygen atoms in total. The molecule has 3 aliphatic rings. The van der Waals surface area contributed by atoms with Gasteiger partial charge in [0.05, 0.1) is 17.1 Å². The van der Waals surface area contributed by atoms with Crippen LogP contribution >= 0.6 is 0 Å². The predicted molar refractivity (Wildman–Crippen MR) is 176 cm³/mol. The normalized spacial score (nSPS) is 18.8. The van der Waals surface area contributed by atoms with Gasteiger partial charge in [0.2, 0.25) is 0 Å².